The fourth-order valence-electron chi connectivity index (χ4n) is 2.78. The summed E-state index contributed by atoms with van der Waals surface area (Å²) >= 11 is 0. The Labute approximate surface area is 130 Å². The lowest BCUT2D eigenvalue weighted by molar-refractivity contribution is -0.136. The number of nitrogens with zero attached hydrogens (tertiary/aromatic N) is 3. The standard InChI is InChI=1S/C15H23N5O2/c1-3-9-17-14(22)15(7-5-4-6-8-15)19-13(21)12(2)20-11-16-10-18-20/h3,10-12H,1,4-9H2,2H3,(H,17,22)(H,19,21)/t12-/m0/s1. The molecule has 0 spiro atoms. The number of hydrogen-bond acceptors (Lipinski definition) is 4. The Morgan fingerprint density at radius 2 is 2.14 bits per heavy atom. The number of nitrogens with one attached hydrogen (secondary N) is 2. The first kappa shape index (κ1) is 16.2. The van der Waals surface area contributed by atoms with Crippen molar-refractivity contribution in [2.75, 3.05) is 6.54 Å². The lowest BCUT2D eigenvalue weighted by atomic mass is 9.80. The predicted molar refractivity (Wildman–Crippen MR) is 81.9 cm³/mol. The number of hydrogen-bond donors (Lipinski definition) is 2. The highest BCUT2D eigenvalue weighted by Crippen LogP contribution is 2.29. The van der Waals surface area contributed by atoms with Crippen LogP contribution >= 0.6 is 0 Å². The Bertz CT molecular complexity index is 520. The highest BCUT2D eigenvalue weighted by molar-refractivity contribution is 5.92. The van der Waals surface area contributed by atoms with E-state index in [1.165, 1.54) is 17.3 Å². The quantitative estimate of drug-likeness (QED) is 0.766. The van der Waals surface area contributed by atoms with E-state index < -0.39 is 11.6 Å². The highest BCUT2D eigenvalue weighted by Gasteiger charge is 2.41. The molecule has 0 radical (unpaired) electrons. The monoisotopic (exact) mass is 305 g/mol. The number of carbonyl (C=O) groups excluding carboxylic acids is 2. The minimum atomic E-state index is -0.826. The molecule has 0 bridgehead atoms. The third-order valence-corrected chi connectivity index (χ3v) is 4.12. The van der Waals surface area contributed by atoms with Crippen LogP contribution < -0.4 is 10.6 Å². The van der Waals surface area contributed by atoms with Crippen molar-refractivity contribution in [3.8, 4) is 0 Å². The van der Waals surface area contributed by atoms with Crippen LogP contribution in [-0.2, 0) is 9.59 Å². The van der Waals surface area contributed by atoms with Gasteiger partial charge in [0.15, 0.2) is 0 Å². The molecule has 0 unspecified atom stereocenters. The summed E-state index contributed by atoms with van der Waals surface area (Å²) in [5, 5.41) is 9.75. The van der Waals surface area contributed by atoms with Crippen LogP contribution in [0.5, 0.6) is 0 Å². The van der Waals surface area contributed by atoms with Crippen molar-refractivity contribution in [3.05, 3.63) is 25.3 Å². The Kier molecular flexibility index (Phi) is 5.30. The van der Waals surface area contributed by atoms with Crippen molar-refractivity contribution < 1.29 is 9.59 Å². The van der Waals surface area contributed by atoms with Crippen molar-refractivity contribution >= 4 is 11.8 Å². The lowest BCUT2D eigenvalue weighted by Gasteiger charge is -2.37. The highest BCUT2D eigenvalue weighted by atomic mass is 16.2. The Balaban J connectivity index is 2.10. The molecule has 1 saturated carbocycles. The summed E-state index contributed by atoms with van der Waals surface area (Å²) in [6.45, 7) is 5.74. The molecule has 1 aliphatic rings. The van der Waals surface area contributed by atoms with Crippen molar-refractivity contribution in [1.29, 1.82) is 0 Å². The third-order valence-electron chi connectivity index (χ3n) is 4.12. The molecule has 0 saturated heterocycles. The largest absolute Gasteiger partial charge is 0.351 e. The summed E-state index contributed by atoms with van der Waals surface area (Å²) in [5.41, 5.74) is -0.826. The minimum Gasteiger partial charge on any atom is -0.351 e. The molecule has 1 atom stereocenters. The molecule has 1 aliphatic carbocycles. The summed E-state index contributed by atoms with van der Waals surface area (Å²) in [6, 6.07) is -0.506. The molecule has 2 rings (SSSR count). The maximum atomic E-state index is 12.5. The van der Waals surface area contributed by atoms with Gasteiger partial charge in [-0.15, -0.1) is 6.58 Å². The van der Waals surface area contributed by atoms with Crippen LogP contribution in [0.2, 0.25) is 0 Å². The summed E-state index contributed by atoms with van der Waals surface area (Å²) in [5.74, 6) is -0.354. The van der Waals surface area contributed by atoms with E-state index in [-0.39, 0.29) is 11.8 Å². The van der Waals surface area contributed by atoms with Crippen molar-refractivity contribution in [3.63, 3.8) is 0 Å². The van der Waals surface area contributed by atoms with E-state index in [0.29, 0.717) is 19.4 Å². The van der Waals surface area contributed by atoms with E-state index in [1.807, 2.05) is 0 Å². The molecule has 1 fully saturated rings. The number of aromatic nitrogens is 3. The lowest BCUT2D eigenvalue weighted by Crippen LogP contribution is -2.60. The normalized spacial score (nSPS) is 18.2. The van der Waals surface area contributed by atoms with E-state index in [9.17, 15) is 9.59 Å². The van der Waals surface area contributed by atoms with E-state index >= 15 is 0 Å². The zero-order valence-electron chi connectivity index (χ0n) is 12.9. The van der Waals surface area contributed by atoms with Crippen LogP contribution in [0.4, 0.5) is 0 Å². The van der Waals surface area contributed by atoms with Gasteiger partial charge in [-0.2, -0.15) is 5.10 Å². The molecule has 0 aromatic carbocycles. The molecule has 22 heavy (non-hydrogen) atoms. The van der Waals surface area contributed by atoms with E-state index in [1.54, 1.807) is 13.0 Å². The molecule has 2 amide bonds. The van der Waals surface area contributed by atoms with Gasteiger partial charge < -0.3 is 10.6 Å². The Morgan fingerprint density at radius 3 is 2.73 bits per heavy atom. The first-order chi connectivity index (χ1) is 10.6. The van der Waals surface area contributed by atoms with Crippen molar-refractivity contribution in [2.45, 2.75) is 50.6 Å². The molecular weight excluding hydrogens is 282 g/mol. The molecule has 120 valence electrons. The van der Waals surface area contributed by atoms with E-state index in [2.05, 4.69) is 27.3 Å². The van der Waals surface area contributed by atoms with Gasteiger partial charge in [-0.3, -0.25) is 9.59 Å². The molecule has 2 N–H and O–H groups in total. The van der Waals surface area contributed by atoms with Crippen LogP contribution in [0.3, 0.4) is 0 Å². The molecule has 0 aliphatic heterocycles. The van der Waals surface area contributed by atoms with Gasteiger partial charge in [0.05, 0.1) is 0 Å². The maximum absolute atomic E-state index is 12.5. The Hall–Kier alpha value is -2.18. The molecule has 1 heterocycles. The molecule has 1 aromatic heterocycles. The van der Waals surface area contributed by atoms with Gasteiger partial charge in [-0.1, -0.05) is 25.3 Å². The molecule has 7 heteroatoms. The molecular formula is C15H23N5O2. The smallest absolute Gasteiger partial charge is 0.246 e. The van der Waals surface area contributed by atoms with Crippen LogP contribution in [0.25, 0.3) is 0 Å². The number of rotatable bonds is 6. The molecule has 7 nitrogen and oxygen atoms in total. The minimum absolute atomic E-state index is 0.133. The number of amides is 2. The summed E-state index contributed by atoms with van der Waals surface area (Å²) in [6.07, 6.45) is 8.78. The first-order valence-corrected chi connectivity index (χ1v) is 7.64. The maximum Gasteiger partial charge on any atom is 0.246 e. The fraction of sp³-hybridized carbons (Fsp3) is 0.600. The topological polar surface area (TPSA) is 88.9 Å². The van der Waals surface area contributed by atoms with Crippen LogP contribution in [0, 0.1) is 0 Å². The summed E-state index contributed by atoms with van der Waals surface area (Å²) in [7, 11) is 0. The van der Waals surface area contributed by atoms with Crippen molar-refractivity contribution in [2.24, 2.45) is 0 Å². The average Bonchev–Trinajstić information content (AvgIpc) is 3.07. The second kappa shape index (κ2) is 7.20. The van der Waals surface area contributed by atoms with E-state index in [4.69, 9.17) is 0 Å². The van der Waals surface area contributed by atoms with Gasteiger partial charge in [0.2, 0.25) is 11.8 Å². The van der Waals surface area contributed by atoms with Gasteiger partial charge >= 0.3 is 0 Å². The van der Waals surface area contributed by atoms with Gasteiger partial charge in [0.25, 0.3) is 0 Å². The Morgan fingerprint density at radius 1 is 1.41 bits per heavy atom. The third kappa shape index (κ3) is 3.52. The summed E-state index contributed by atoms with van der Waals surface area (Å²) < 4.78 is 1.48. The second-order valence-electron chi connectivity index (χ2n) is 5.68. The molecule has 1 aromatic rings. The van der Waals surface area contributed by atoms with Crippen molar-refractivity contribution in [1.82, 2.24) is 25.4 Å². The van der Waals surface area contributed by atoms with Gasteiger partial charge in [0.1, 0.15) is 24.2 Å². The van der Waals surface area contributed by atoms with Gasteiger partial charge in [-0.05, 0) is 19.8 Å². The van der Waals surface area contributed by atoms with Gasteiger partial charge in [0, 0.05) is 6.54 Å². The first-order valence-electron chi connectivity index (χ1n) is 7.64. The zero-order valence-corrected chi connectivity index (χ0v) is 12.9. The zero-order chi connectivity index (χ0) is 16.0. The predicted octanol–water partition coefficient (Wildman–Crippen LogP) is 0.960. The SMILES string of the molecule is C=CCNC(=O)C1(NC(=O)[C@H](C)n2cncn2)CCCCC1. The van der Waals surface area contributed by atoms with Gasteiger partial charge in [-0.25, -0.2) is 9.67 Å². The second-order valence-corrected chi connectivity index (χ2v) is 5.68. The van der Waals surface area contributed by atoms with E-state index in [0.717, 1.165) is 19.3 Å². The fourth-order valence-corrected chi connectivity index (χ4v) is 2.78. The summed E-state index contributed by atoms with van der Waals surface area (Å²) in [4.78, 5) is 28.9. The average molecular weight is 305 g/mol. The van der Waals surface area contributed by atoms with Crippen LogP contribution in [0.1, 0.15) is 45.1 Å². The number of carbonyl (C=O) groups is 2. The van der Waals surface area contributed by atoms with Crippen LogP contribution in [-0.4, -0.2) is 38.7 Å². The van der Waals surface area contributed by atoms with Crippen LogP contribution in [0.15, 0.2) is 25.3 Å².